The van der Waals surface area contributed by atoms with Crippen molar-refractivity contribution in [2.75, 3.05) is 5.32 Å². The third-order valence-corrected chi connectivity index (χ3v) is 5.15. The van der Waals surface area contributed by atoms with Crippen molar-refractivity contribution in [3.8, 4) is 5.75 Å². The monoisotopic (exact) mass is 389 g/mol. The van der Waals surface area contributed by atoms with Crippen LogP contribution >= 0.6 is 11.6 Å². The van der Waals surface area contributed by atoms with E-state index in [2.05, 4.69) is 46.5 Å². The highest BCUT2D eigenvalue weighted by Crippen LogP contribution is 2.39. The maximum Gasteiger partial charge on any atom is 0.147 e. The topological polar surface area (TPSA) is 58.0 Å². The molecule has 0 saturated carbocycles. The normalized spacial score (nSPS) is 12.1. The molecule has 0 unspecified atom stereocenters. The first-order valence-corrected chi connectivity index (χ1v) is 9.57. The number of phenols is 1. The zero-order chi connectivity index (χ0) is 19.5. The number of nitrogens with one attached hydrogen (secondary N) is 1. The maximum atomic E-state index is 11.0. The highest BCUT2D eigenvalue weighted by molar-refractivity contribution is 6.35. The van der Waals surface area contributed by atoms with Crippen LogP contribution in [0.25, 0.3) is 10.9 Å². The fourth-order valence-electron chi connectivity index (χ4n) is 3.31. The molecule has 0 spiro atoms. The van der Waals surface area contributed by atoms with E-state index >= 15 is 0 Å². The van der Waals surface area contributed by atoms with Crippen LogP contribution in [0.3, 0.4) is 0 Å². The van der Waals surface area contributed by atoms with Crippen molar-refractivity contribution < 1.29 is 5.11 Å². The quantitative estimate of drug-likeness (QED) is 0.456. The Morgan fingerprint density at radius 2 is 1.79 bits per heavy atom. The Balaban J connectivity index is 1.87. The van der Waals surface area contributed by atoms with Gasteiger partial charge in [0, 0.05) is 23.3 Å². The molecule has 0 amide bonds. The summed E-state index contributed by atoms with van der Waals surface area (Å²) in [4.78, 5) is 8.71. The van der Waals surface area contributed by atoms with Crippen LogP contribution in [0.1, 0.15) is 29.7 Å². The molecule has 140 valence electrons. The number of phenolic OH excluding ortho intramolecular Hbond substituents is 1. The van der Waals surface area contributed by atoms with Crippen LogP contribution in [-0.4, -0.2) is 15.1 Å². The Hall–Kier alpha value is -3.11. The highest BCUT2D eigenvalue weighted by Gasteiger charge is 2.22. The van der Waals surface area contributed by atoms with E-state index in [0.29, 0.717) is 21.9 Å². The van der Waals surface area contributed by atoms with Gasteiger partial charge in [0.15, 0.2) is 0 Å². The van der Waals surface area contributed by atoms with Crippen LogP contribution in [0, 0.1) is 0 Å². The summed E-state index contributed by atoms with van der Waals surface area (Å²) in [6.45, 7) is 2.12. The van der Waals surface area contributed by atoms with E-state index in [4.69, 9.17) is 11.6 Å². The molecule has 2 heterocycles. The molecule has 4 rings (SSSR count). The summed E-state index contributed by atoms with van der Waals surface area (Å²) in [5, 5.41) is 15.7. The molecular formula is C23H20ClN3O. The standard InChI is InChI=1S/C23H20ClN3O/c1-2-15-8-10-16(11-9-15)21(27-20-7-3-4-12-25-20)18-14-19(24)17-6-5-13-26-22(17)23(18)28/h3-14,21,28H,2H2,1H3,(H,25,27)/t21-/m0/s1. The first kappa shape index (κ1) is 18.3. The van der Waals surface area contributed by atoms with Gasteiger partial charge in [0.1, 0.15) is 17.1 Å². The van der Waals surface area contributed by atoms with Crippen molar-refractivity contribution in [3.63, 3.8) is 0 Å². The Bertz CT molecular complexity index is 1100. The molecule has 2 N–H and O–H groups in total. The van der Waals surface area contributed by atoms with Crippen molar-refractivity contribution in [1.29, 1.82) is 0 Å². The van der Waals surface area contributed by atoms with Crippen molar-refractivity contribution in [2.45, 2.75) is 19.4 Å². The number of benzene rings is 2. The summed E-state index contributed by atoms with van der Waals surface area (Å²) < 4.78 is 0. The Morgan fingerprint density at radius 3 is 2.50 bits per heavy atom. The number of hydrogen-bond acceptors (Lipinski definition) is 4. The van der Waals surface area contributed by atoms with Gasteiger partial charge in [0.25, 0.3) is 0 Å². The van der Waals surface area contributed by atoms with Gasteiger partial charge in [0.2, 0.25) is 0 Å². The molecule has 5 heteroatoms. The summed E-state index contributed by atoms with van der Waals surface area (Å²) in [7, 11) is 0. The van der Waals surface area contributed by atoms with Crippen LogP contribution in [0.2, 0.25) is 5.02 Å². The molecule has 0 radical (unpaired) electrons. The molecule has 0 aliphatic heterocycles. The number of aryl methyl sites for hydroxylation is 1. The first-order chi connectivity index (χ1) is 13.7. The zero-order valence-corrected chi connectivity index (χ0v) is 16.2. The zero-order valence-electron chi connectivity index (χ0n) is 15.4. The lowest BCUT2D eigenvalue weighted by Gasteiger charge is -2.22. The summed E-state index contributed by atoms with van der Waals surface area (Å²) >= 11 is 6.52. The molecule has 4 nitrogen and oxygen atoms in total. The number of anilines is 1. The van der Waals surface area contributed by atoms with Crippen LogP contribution < -0.4 is 5.32 Å². The molecule has 4 aromatic rings. The van der Waals surface area contributed by atoms with E-state index in [1.54, 1.807) is 24.5 Å². The third-order valence-electron chi connectivity index (χ3n) is 4.83. The van der Waals surface area contributed by atoms with E-state index < -0.39 is 0 Å². The van der Waals surface area contributed by atoms with Crippen LogP contribution in [0.15, 0.2) is 73.1 Å². The average molecular weight is 390 g/mol. The van der Waals surface area contributed by atoms with Gasteiger partial charge >= 0.3 is 0 Å². The molecule has 1 atom stereocenters. The molecule has 0 bridgehead atoms. The molecule has 2 aromatic carbocycles. The van der Waals surface area contributed by atoms with Gasteiger partial charge in [-0.05, 0) is 47.9 Å². The Labute approximate surface area is 168 Å². The van der Waals surface area contributed by atoms with Gasteiger partial charge in [-0.25, -0.2) is 4.98 Å². The molecule has 2 aromatic heterocycles. The molecule has 0 saturated heterocycles. The molecule has 28 heavy (non-hydrogen) atoms. The van der Waals surface area contributed by atoms with E-state index in [-0.39, 0.29) is 11.8 Å². The van der Waals surface area contributed by atoms with Crippen molar-refractivity contribution in [1.82, 2.24) is 9.97 Å². The van der Waals surface area contributed by atoms with Gasteiger partial charge < -0.3 is 10.4 Å². The number of fused-ring (bicyclic) bond motifs is 1. The minimum absolute atomic E-state index is 0.119. The number of nitrogens with zero attached hydrogens (tertiary/aromatic N) is 2. The van der Waals surface area contributed by atoms with Gasteiger partial charge in [-0.3, -0.25) is 4.98 Å². The maximum absolute atomic E-state index is 11.0. The number of pyridine rings is 2. The summed E-state index contributed by atoms with van der Waals surface area (Å²) in [5.41, 5.74) is 3.40. The minimum atomic E-state index is -0.329. The van der Waals surface area contributed by atoms with E-state index in [9.17, 15) is 5.11 Å². The van der Waals surface area contributed by atoms with Crippen molar-refractivity contribution in [2.24, 2.45) is 0 Å². The van der Waals surface area contributed by atoms with E-state index in [1.165, 1.54) is 5.56 Å². The summed E-state index contributed by atoms with van der Waals surface area (Å²) in [6, 6.07) is 19.1. The fourth-order valence-corrected chi connectivity index (χ4v) is 3.58. The number of rotatable bonds is 5. The largest absolute Gasteiger partial charge is 0.505 e. The number of aromatic nitrogens is 2. The van der Waals surface area contributed by atoms with Crippen LogP contribution in [-0.2, 0) is 6.42 Å². The summed E-state index contributed by atoms with van der Waals surface area (Å²) in [6.07, 6.45) is 4.35. The molecule has 0 aliphatic carbocycles. The van der Waals surface area contributed by atoms with Crippen LogP contribution in [0.4, 0.5) is 5.82 Å². The minimum Gasteiger partial charge on any atom is -0.505 e. The van der Waals surface area contributed by atoms with Crippen LogP contribution in [0.5, 0.6) is 5.75 Å². The number of halogens is 1. The summed E-state index contributed by atoms with van der Waals surface area (Å²) in [5.74, 6) is 0.830. The molecule has 0 fully saturated rings. The van der Waals surface area contributed by atoms with Gasteiger partial charge in [-0.1, -0.05) is 48.9 Å². The smallest absolute Gasteiger partial charge is 0.147 e. The SMILES string of the molecule is CCc1ccc([C@H](Nc2ccccn2)c2cc(Cl)c3cccnc3c2O)cc1. The Morgan fingerprint density at radius 1 is 1.00 bits per heavy atom. The first-order valence-electron chi connectivity index (χ1n) is 9.20. The average Bonchev–Trinajstić information content (AvgIpc) is 2.76. The molecular weight excluding hydrogens is 370 g/mol. The van der Waals surface area contributed by atoms with Gasteiger partial charge in [0.05, 0.1) is 11.1 Å². The predicted molar refractivity (Wildman–Crippen MR) is 114 cm³/mol. The second kappa shape index (κ2) is 7.87. The van der Waals surface area contributed by atoms with Gasteiger partial charge in [-0.2, -0.15) is 0 Å². The predicted octanol–water partition coefficient (Wildman–Crippen LogP) is 5.75. The lowest BCUT2D eigenvalue weighted by Crippen LogP contribution is -2.14. The highest BCUT2D eigenvalue weighted by atomic mass is 35.5. The van der Waals surface area contributed by atoms with E-state index in [0.717, 1.165) is 17.4 Å². The lowest BCUT2D eigenvalue weighted by atomic mass is 9.95. The second-order valence-corrected chi connectivity index (χ2v) is 6.99. The number of aromatic hydroxyl groups is 1. The van der Waals surface area contributed by atoms with Gasteiger partial charge in [-0.15, -0.1) is 0 Å². The Kier molecular flexibility index (Phi) is 5.13. The van der Waals surface area contributed by atoms with E-state index in [1.807, 2.05) is 24.3 Å². The lowest BCUT2D eigenvalue weighted by molar-refractivity contribution is 0.471. The van der Waals surface area contributed by atoms with Crippen molar-refractivity contribution >= 4 is 28.3 Å². The van der Waals surface area contributed by atoms with Crippen molar-refractivity contribution in [3.05, 3.63) is 94.8 Å². The second-order valence-electron chi connectivity index (χ2n) is 6.58. The number of hydrogen-bond donors (Lipinski definition) is 2. The molecule has 0 aliphatic rings. The fraction of sp³-hybridized carbons (Fsp3) is 0.130. The third kappa shape index (κ3) is 3.51.